The lowest BCUT2D eigenvalue weighted by atomic mass is 10.1. The molecule has 1 heterocycles. The Morgan fingerprint density at radius 2 is 2.20 bits per heavy atom. The number of unbranched alkanes of at least 4 members (excludes halogenated alkanes) is 3. The van der Waals surface area contributed by atoms with E-state index in [2.05, 4.69) is 12.2 Å². The molecule has 0 spiro atoms. The topological polar surface area (TPSA) is 32.3 Å². The molecule has 1 aliphatic rings. The number of hydrogen-bond donors (Lipinski definition) is 1. The van der Waals surface area contributed by atoms with Crippen molar-refractivity contribution in [2.45, 2.75) is 52.0 Å². The van der Waals surface area contributed by atoms with Crippen LogP contribution in [0.1, 0.15) is 46.0 Å². The van der Waals surface area contributed by atoms with Gasteiger partial charge < -0.3 is 10.2 Å². The predicted molar refractivity (Wildman–Crippen MR) is 62.8 cm³/mol. The molecule has 3 nitrogen and oxygen atoms in total. The first-order valence-corrected chi connectivity index (χ1v) is 6.23. The SMILES string of the molecule is CCCCCC[C@H]1CN(C(C)=O)CCN1. The van der Waals surface area contributed by atoms with Crippen LogP contribution in [0.5, 0.6) is 0 Å². The Labute approximate surface area is 93.2 Å². The molecule has 88 valence electrons. The van der Waals surface area contributed by atoms with Crippen LogP contribution in [0.4, 0.5) is 0 Å². The monoisotopic (exact) mass is 212 g/mol. The Morgan fingerprint density at radius 3 is 2.87 bits per heavy atom. The van der Waals surface area contributed by atoms with Crippen LogP contribution in [0, 0.1) is 0 Å². The highest BCUT2D eigenvalue weighted by molar-refractivity contribution is 5.73. The third-order valence-corrected chi connectivity index (χ3v) is 3.11. The van der Waals surface area contributed by atoms with Crippen molar-refractivity contribution in [2.24, 2.45) is 0 Å². The number of nitrogens with zero attached hydrogens (tertiary/aromatic N) is 1. The lowest BCUT2D eigenvalue weighted by Gasteiger charge is -2.33. The Hall–Kier alpha value is -0.570. The van der Waals surface area contributed by atoms with Crippen LogP contribution in [0.2, 0.25) is 0 Å². The van der Waals surface area contributed by atoms with Gasteiger partial charge >= 0.3 is 0 Å². The van der Waals surface area contributed by atoms with Crippen LogP contribution < -0.4 is 5.32 Å². The van der Waals surface area contributed by atoms with Gasteiger partial charge in [-0.25, -0.2) is 0 Å². The van der Waals surface area contributed by atoms with Gasteiger partial charge in [-0.1, -0.05) is 32.6 Å². The summed E-state index contributed by atoms with van der Waals surface area (Å²) in [5.41, 5.74) is 0. The smallest absolute Gasteiger partial charge is 0.219 e. The van der Waals surface area contributed by atoms with E-state index in [-0.39, 0.29) is 5.91 Å². The summed E-state index contributed by atoms with van der Waals surface area (Å²) in [6, 6.07) is 0.527. The number of amides is 1. The van der Waals surface area contributed by atoms with Crippen molar-refractivity contribution < 1.29 is 4.79 Å². The third-order valence-electron chi connectivity index (χ3n) is 3.11. The third kappa shape index (κ3) is 4.65. The quantitative estimate of drug-likeness (QED) is 0.705. The van der Waals surface area contributed by atoms with Gasteiger partial charge in [0.1, 0.15) is 0 Å². The molecule has 0 aromatic rings. The molecule has 1 N–H and O–H groups in total. The Kier molecular flexibility index (Phi) is 5.69. The number of nitrogens with one attached hydrogen (secondary N) is 1. The van der Waals surface area contributed by atoms with E-state index in [1.165, 1.54) is 32.1 Å². The van der Waals surface area contributed by atoms with Crippen molar-refractivity contribution in [3.05, 3.63) is 0 Å². The first-order valence-electron chi connectivity index (χ1n) is 6.23. The molecular formula is C12H24N2O. The van der Waals surface area contributed by atoms with Gasteiger partial charge in [-0.15, -0.1) is 0 Å². The number of piperazine rings is 1. The molecule has 1 atom stereocenters. The van der Waals surface area contributed by atoms with Crippen molar-refractivity contribution >= 4 is 5.91 Å². The number of carbonyl (C=O) groups excluding carboxylic acids is 1. The molecule has 0 bridgehead atoms. The highest BCUT2D eigenvalue weighted by Crippen LogP contribution is 2.09. The highest BCUT2D eigenvalue weighted by Gasteiger charge is 2.19. The van der Waals surface area contributed by atoms with Crippen molar-refractivity contribution in [2.75, 3.05) is 19.6 Å². The fourth-order valence-corrected chi connectivity index (χ4v) is 2.12. The second-order valence-electron chi connectivity index (χ2n) is 4.47. The minimum atomic E-state index is 0.218. The zero-order valence-electron chi connectivity index (χ0n) is 10.1. The van der Waals surface area contributed by atoms with E-state index in [9.17, 15) is 4.79 Å². The van der Waals surface area contributed by atoms with Crippen LogP contribution in [0.15, 0.2) is 0 Å². The maximum atomic E-state index is 11.2. The maximum Gasteiger partial charge on any atom is 0.219 e. The second kappa shape index (κ2) is 6.83. The van der Waals surface area contributed by atoms with Gasteiger partial charge in [0, 0.05) is 32.6 Å². The Morgan fingerprint density at radius 1 is 1.40 bits per heavy atom. The van der Waals surface area contributed by atoms with E-state index in [1.54, 1.807) is 6.92 Å². The molecule has 0 aromatic carbocycles. The molecule has 15 heavy (non-hydrogen) atoms. The van der Waals surface area contributed by atoms with Gasteiger partial charge in [0.2, 0.25) is 5.91 Å². The first-order chi connectivity index (χ1) is 7.24. The van der Waals surface area contributed by atoms with Crippen molar-refractivity contribution in [3.63, 3.8) is 0 Å². The molecule has 1 saturated heterocycles. The normalized spacial score (nSPS) is 21.7. The van der Waals surface area contributed by atoms with Crippen LogP contribution in [-0.4, -0.2) is 36.5 Å². The zero-order valence-corrected chi connectivity index (χ0v) is 10.1. The number of hydrogen-bond acceptors (Lipinski definition) is 2. The van der Waals surface area contributed by atoms with Crippen molar-refractivity contribution in [1.82, 2.24) is 10.2 Å². The lowest BCUT2D eigenvalue weighted by Crippen LogP contribution is -2.51. The average Bonchev–Trinajstić information content (AvgIpc) is 2.25. The molecule has 3 heteroatoms. The van der Waals surface area contributed by atoms with Gasteiger partial charge in [-0.05, 0) is 6.42 Å². The minimum Gasteiger partial charge on any atom is -0.340 e. The van der Waals surface area contributed by atoms with Gasteiger partial charge in [-0.2, -0.15) is 0 Å². The molecule has 1 aliphatic heterocycles. The molecule has 1 rings (SSSR count). The van der Waals surface area contributed by atoms with E-state index < -0.39 is 0 Å². The van der Waals surface area contributed by atoms with Crippen molar-refractivity contribution in [1.29, 1.82) is 0 Å². The summed E-state index contributed by atoms with van der Waals surface area (Å²) in [5, 5.41) is 3.49. The summed E-state index contributed by atoms with van der Waals surface area (Å²) in [6.45, 7) is 6.64. The van der Waals surface area contributed by atoms with Crippen LogP contribution in [0.3, 0.4) is 0 Å². The summed E-state index contributed by atoms with van der Waals surface area (Å²) in [5.74, 6) is 0.218. The van der Waals surface area contributed by atoms with Gasteiger partial charge in [0.15, 0.2) is 0 Å². The molecule has 1 fully saturated rings. The molecule has 0 saturated carbocycles. The molecular weight excluding hydrogens is 188 g/mol. The molecule has 1 amide bonds. The van der Waals surface area contributed by atoms with Crippen LogP contribution in [-0.2, 0) is 4.79 Å². The maximum absolute atomic E-state index is 11.2. The summed E-state index contributed by atoms with van der Waals surface area (Å²) >= 11 is 0. The van der Waals surface area contributed by atoms with Gasteiger partial charge in [-0.3, -0.25) is 4.79 Å². The summed E-state index contributed by atoms with van der Waals surface area (Å²) in [4.78, 5) is 13.2. The standard InChI is InChI=1S/C12H24N2O/c1-3-4-5-6-7-12-10-14(11(2)15)9-8-13-12/h12-13H,3-10H2,1-2H3/t12-/m0/s1. The predicted octanol–water partition coefficient (Wildman–Crippen LogP) is 1.78. The van der Waals surface area contributed by atoms with Gasteiger partial charge in [0.05, 0.1) is 0 Å². The average molecular weight is 212 g/mol. The minimum absolute atomic E-state index is 0.218. The fraction of sp³-hybridized carbons (Fsp3) is 0.917. The number of rotatable bonds is 5. The van der Waals surface area contributed by atoms with Gasteiger partial charge in [0.25, 0.3) is 0 Å². The first kappa shape index (κ1) is 12.5. The van der Waals surface area contributed by atoms with E-state index in [0.29, 0.717) is 6.04 Å². The Bertz CT molecular complexity index is 194. The zero-order chi connectivity index (χ0) is 11.1. The number of carbonyl (C=O) groups is 1. The fourth-order valence-electron chi connectivity index (χ4n) is 2.12. The summed E-state index contributed by atoms with van der Waals surface area (Å²) in [7, 11) is 0. The van der Waals surface area contributed by atoms with E-state index >= 15 is 0 Å². The highest BCUT2D eigenvalue weighted by atomic mass is 16.2. The summed E-state index contributed by atoms with van der Waals surface area (Å²) in [6.07, 6.45) is 6.45. The second-order valence-corrected chi connectivity index (χ2v) is 4.47. The summed E-state index contributed by atoms with van der Waals surface area (Å²) < 4.78 is 0. The lowest BCUT2D eigenvalue weighted by molar-refractivity contribution is -0.130. The molecule has 0 radical (unpaired) electrons. The molecule has 0 aliphatic carbocycles. The molecule has 0 aromatic heterocycles. The molecule has 0 unspecified atom stereocenters. The van der Waals surface area contributed by atoms with Crippen molar-refractivity contribution in [3.8, 4) is 0 Å². The Balaban J connectivity index is 2.15. The van der Waals surface area contributed by atoms with Crippen LogP contribution >= 0.6 is 0 Å². The van der Waals surface area contributed by atoms with E-state index in [4.69, 9.17) is 0 Å². The van der Waals surface area contributed by atoms with E-state index in [1.807, 2.05) is 4.90 Å². The van der Waals surface area contributed by atoms with E-state index in [0.717, 1.165) is 19.6 Å². The largest absolute Gasteiger partial charge is 0.340 e. The van der Waals surface area contributed by atoms with Crippen LogP contribution in [0.25, 0.3) is 0 Å².